The topological polar surface area (TPSA) is 100 Å². The number of hydrogen-bond acceptors (Lipinski definition) is 5. The summed E-state index contributed by atoms with van der Waals surface area (Å²) in [6.07, 6.45) is 12.5. The van der Waals surface area contributed by atoms with E-state index in [1.54, 1.807) is 13.1 Å². The Kier molecular flexibility index (Phi) is 27.2. The maximum atomic E-state index is 13.4. The number of H-pyrrole nitrogens is 1. The number of aromatic nitrogens is 2. The summed E-state index contributed by atoms with van der Waals surface area (Å²) in [6, 6.07) is 5.99. The second kappa shape index (κ2) is 29.0. The van der Waals surface area contributed by atoms with E-state index in [0.29, 0.717) is 17.7 Å². The molecule has 4 rings (SSSR count). The van der Waals surface area contributed by atoms with Gasteiger partial charge in [-0.25, -0.2) is 13.8 Å². The van der Waals surface area contributed by atoms with Gasteiger partial charge in [0, 0.05) is 43.5 Å². The summed E-state index contributed by atoms with van der Waals surface area (Å²) in [5.41, 5.74) is 5.26. The number of alkyl halides is 2. The van der Waals surface area contributed by atoms with E-state index in [9.17, 15) is 8.78 Å². The zero-order chi connectivity index (χ0) is 41.1. The van der Waals surface area contributed by atoms with Gasteiger partial charge in [0.15, 0.2) is 0 Å². The van der Waals surface area contributed by atoms with Crippen molar-refractivity contribution in [3.8, 4) is 0 Å². The van der Waals surface area contributed by atoms with Crippen molar-refractivity contribution >= 4 is 17.9 Å². The standard InChI is InChI=1S/C17H23F2N3.C12H19N.C12H24O2.C2H6.CH2O2/c1-3-7-14(15-8-6-9-20-15)12-16(17(18)19)21-13(2)22-10-4-5-11-22;1-5-6-9(2)12-7-10(3)11(4)13-8-12;1-5-11(4)6-7-14-12(10(2)3)8-13-9-12;1-2;2-1-3/h6-9,12,17,20H,3-5,10-11H2,1-2H3;7-9H,5-6H2,1-4H3;10-11H,5-9H2,1-4H3;1-2H3;1H,(H,2,3)/b14-7-,16-12-,21-13?;;;;. The highest BCUT2D eigenvalue weighted by atomic mass is 19.3. The first kappa shape index (κ1) is 50.6. The molecule has 0 aliphatic carbocycles. The van der Waals surface area contributed by atoms with Crippen LogP contribution < -0.4 is 0 Å². The molecule has 10 heteroatoms. The first-order valence-corrected chi connectivity index (χ1v) is 20.1. The molecule has 8 nitrogen and oxygen atoms in total. The van der Waals surface area contributed by atoms with E-state index in [1.807, 2.05) is 45.2 Å². The highest BCUT2D eigenvalue weighted by Gasteiger charge is 2.42. The first-order valence-electron chi connectivity index (χ1n) is 20.1. The quantitative estimate of drug-likeness (QED) is 0.0861. The number of rotatable bonds is 14. The van der Waals surface area contributed by atoms with Crippen molar-refractivity contribution in [2.75, 3.05) is 32.9 Å². The minimum Gasteiger partial charge on any atom is -0.483 e. The lowest BCUT2D eigenvalue weighted by Crippen LogP contribution is -2.56. The smallest absolute Gasteiger partial charge is 0.290 e. The minimum atomic E-state index is -2.59. The molecular weight excluding hydrogens is 687 g/mol. The zero-order valence-corrected chi connectivity index (χ0v) is 35.7. The Bertz CT molecular complexity index is 1350. The fraction of sp³-hybridized carbons (Fsp3) is 0.659. The predicted molar refractivity (Wildman–Crippen MR) is 223 cm³/mol. The van der Waals surface area contributed by atoms with E-state index in [2.05, 4.69) is 81.3 Å². The lowest BCUT2D eigenvalue weighted by Gasteiger charge is -2.44. The van der Waals surface area contributed by atoms with Crippen LogP contribution in [0.25, 0.3) is 5.57 Å². The number of amidine groups is 1. The van der Waals surface area contributed by atoms with E-state index < -0.39 is 6.43 Å². The Hall–Kier alpha value is -3.37. The summed E-state index contributed by atoms with van der Waals surface area (Å²) in [6.45, 7) is 29.4. The number of allylic oxidation sites excluding steroid dienone is 4. The van der Waals surface area contributed by atoms with Crippen LogP contribution in [0.1, 0.15) is 143 Å². The van der Waals surface area contributed by atoms with Crippen molar-refractivity contribution in [1.29, 1.82) is 0 Å². The average molecular weight is 761 g/mol. The highest BCUT2D eigenvalue weighted by Crippen LogP contribution is 2.31. The van der Waals surface area contributed by atoms with E-state index in [0.717, 1.165) is 75.1 Å². The number of likely N-dealkylation sites (tertiary alicyclic amines) is 1. The van der Waals surface area contributed by atoms with Gasteiger partial charge in [0.1, 0.15) is 17.1 Å². The predicted octanol–water partition coefficient (Wildman–Crippen LogP) is 11.7. The third-order valence-electron chi connectivity index (χ3n) is 9.81. The molecule has 54 heavy (non-hydrogen) atoms. The van der Waals surface area contributed by atoms with Crippen molar-refractivity contribution in [3.63, 3.8) is 0 Å². The van der Waals surface area contributed by atoms with Gasteiger partial charge in [-0.3, -0.25) is 9.78 Å². The van der Waals surface area contributed by atoms with Gasteiger partial charge in [0.25, 0.3) is 12.9 Å². The fourth-order valence-corrected chi connectivity index (χ4v) is 5.67. The van der Waals surface area contributed by atoms with E-state index >= 15 is 0 Å². The van der Waals surface area contributed by atoms with E-state index in [4.69, 9.17) is 19.4 Å². The Balaban J connectivity index is 0.000000765. The molecule has 2 aromatic rings. The van der Waals surface area contributed by atoms with Crippen molar-refractivity contribution < 1.29 is 28.2 Å². The van der Waals surface area contributed by atoms with Gasteiger partial charge >= 0.3 is 0 Å². The second-order valence-electron chi connectivity index (χ2n) is 14.2. The highest BCUT2D eigenvalue weighted by molar-refractivity contribution is 5.82. The Morgan fingerprint density at radius 2 is 1.74 bits per heavy atom. The van der Waals surface area contributed by atoms with Crippen LogP contribution in [0.2, 0.25) is 0 Å². The van der Waals surface area contributed by atoms with Crippen LogP contribution >= 0.6 is 0 Å². The molecule has 0 spiro atoms. The number of halogens is 2. The molecule has 2 unspecified atom stereocenters. The number of aryl methyl sites for hydroxylation is 2. The van der Waals surface area contributed by atoms with Gasteiger partial charge in [0.05, 0.1) is 13.2 Å². The molecule has 2 N–H and O–H groups in total. The Morgan fingerprint density at radius 1 is 1.11 bits per heavy atom. The summed E-state index contributed by atoms with van der Waals surface area (Å²) in [7, 11) is 0. The average Bonchev–Trinajstić information content (AvgIpc) is 3.88. The van der Waals surface area contributed by atoms with Crippen LogP contribution in [0, 0.1) is 25.7 Å². The molecular formula is C44H74F2N4O4. The van der Waals surface area contributed by atoms with Crippen LogP contribution in [0.15, 0.2) is 53.4 Å². The van der Waals surface area contributed by atoms with Crippen LogP contribution in [0.4, 0.5) is 8.78 Å². The van der Waals surface area contributed by atoms with Gasteiger partial charge in [-0.15, -0.1) is 0 Å². The van der Waals surface area contributed by atoms with Crippen molar-refractivity contribution in [2.24, 2.45) is 16.8 Å². The lowest BCUT2D eigenvalue weighted by atomic mass is 9.88. The van der Waals surface area contributed by atoms with E-state index in [-0.39, 0.29) is 17.8 Å². The largest absolute Gasteiger partial charge is 0.483 e. The molecule has 0 amide bonds. The zero-order valence-electron chi connectivity index (χ0n) is 35.7. The summed E-state index contributed by atoms with van der Waals surface area (Å²) >= 11 is 0. The summed E-state index contributed by atoms with van der Waals surface area (Å²) < 4.78 is 37.9. The van der Waals surface area contributed by atoms with Gasteiger partial charge in [-0.1, -0.05) is 87.3 Å². The number of nitrogens with one attached hydrogen (secondary N) is 1. The molecule has 4 heterocycles. The number of aromatic amines is 1. The summed E-state index contributed by atoms with van der Waals surface area (Å²) in [5.74, 6) is 2.66. The van der Waals surface area contributed by atoms with Gasteiger partial charge in [0.2, 0.25) is 0 Å². The number of carbonyl (C=O) groups is 1. The summed E-state index contributed by atoms with van der Waals surface area (Å²) in [4.78, 5) is 22.1. The number of ether oxygens (including phenoxy) is 2. The molecule has 2 fully saturated rings. The number of aliphatic imine (C=N–C) groups is 1. The molecule has 2 saturated heterocycles. The second-order valence-corrected chi connectivity index (χ2v) is 14.2. The Morgan fingerprint density at radius 3 is 2.19 bits per heavy atom. The van der Waals surface area contributed by atoms with Gasteiger partial charge in [-0.2, -0.15) is 0 Å². The van der Waals surface area contributed by atoms with Crippen molar-refractivity contribution in [3.05, 3.63) is 71.0 Å². The van der Waals surface area contributed by atoms with E-state index in [1.165, 1.54) is 42.9 Å². The molecule has 2 aliphatic rings. The van der Waals surface area contributed by atoms with Crippen molar-refractivity contribution in [1.82, 2.24) is 14.9 Å². The maximum Gasteiger partial charge on any atom is 0.290 e. The molecule has 0 aromatic carbocycles. The van der Waals surface area contributed by atoms with Crippen molar-refractivity contribution in [2.45, 2.75) is 146 Å². The number of nitrogens with zero attached hydrogens (tertiary/aromatic N) is 3. The van der Waals surface area contributed by atoms with Gasteiger partial charge < -0.3 is 24.5 Å². The SMILES string of the molecule is CC.CC/C=C(/C=C(\N=C(C)N1CCCC1)C(F)F)c1ccc[nH]1.CCC(C)CCOC1(C(C)C)COC1.CCCC(C)c1cnc(C)c(C)c1.O=CO. The third-order valence-corrected chi connectivity index (χ3v) is 9.81. The van der Waals surface area contributed by atoms with Crippen LogP contribution in [-0.2, 0) is 14.3 Å². The number of carboxylic acid groups (broad SMARTS) is 1. The number of pyridine rings is 1. The number of hydrogen-bond donors (Lipinski definition) is 2. The maximum absolute atomic E-state index is 13.4. The Labute approximate surface area is 326 Å². The van der Waals surface area contributed by atoms with Crippen LogP contribution in [0.5, 0.6) is 0 Å². The molecule has 2 aliphatic heterocycles. The minimum absolute atomic E-state index is 0.0352. The fourth-order valence-electron chi connectivity index (χ4n) is 5.67. The van der Waals surface area contributed by atoms with Gasteiger partial charge in [-0.05, 0) is 106 Å². The molecule has 0 bridgehead atoms. The molecule has 0 radical (unpaired) electrons. The molecule has 2 aromatic heterocycles. The first-order chi connectivity index (χ1) is 25.8. The van der Waals surface area contributed by atoms with Crippen LogP contribution in [-0.4, -0.2) is 77.2 Å². The molecule has 308 valence electrons. The van der Waals surface area contributed by atoms with Crippen LogP contribution in [0.3, 0.4) is 0 Å². The monoisotopic (exact) mass is 761 g/mol. The summed E-state index contributed by atoms with van der Waals surface area (Å²) in [5, 5.41) is 6.89. The lowest BCUT2D eigenvalue weighted by molar-refractivity contribution is -0.231. The normalized spacial score (nSPS) is 16.4. The molecule has 0 saturated carbocycles. The molecule has 2 atom stereocenters. The third kappa shape index (κ3) is 18.8.